The number of hydrogen-bond acceptors (Lipinski definition) is 5. The van der Waals surface area contributed by atoms with E-state index < -0.39 is 5.60 Å². The van der Waals surface area contributed by atoms with Gasteiger partial charge in [-0.1, -0.05) is 11.6 Å². The zero-order valence-corrected chi connectivity index (χ0v) is 17.6. The highest BCUT2D eigenvalue weighted by Gasteiger charge is 2.27. The van der Waals surface area contributed by atoms with Crippen molar-refractivity contribution >= 4 is 29.3 Å². The Bertz CT molecular complexity index is 855. The molecular weight excluding hydrogens is 394 g/mol. The molecule has 0 saturated carbocycles. The van der Waals surface area contributed by atoms with Crippen LogP contribution in [0.25, 0.3) is 5.69 Å². The van der Waals surface area contributed by atoms with Gasteiger partial charge in [-0.2, -0.15) is 5.10 Å². The van der Waals surface area contributed by atoms with E-state index in [1.165, 1.54) is 0 Å². The van der Waals surface area contributed by atoms with Gasteiger partial charge in [-0.15, -0.1) is 0 Å². The topological polar surface area (TPSA) is 79.7 Å². The van der Waals surface area contributed by atoms with Crippen molar-refractivity contribution in [2.75, 3.05) is 38.0 Å². The van der Waals surface area contributed by atoms with E-state index in [0.29, 0.717) is 31.2 Å². The van der Waals surface area contributed by atoms with Crippen LogP contribution in [0.3, 0.4) is 0 Å². The lowest BCUT2D eigenvalue weighted by Crippen LogP contribution is -2.52. The summed E-state index contributed by atoms with van der Waals surface area (Å²) in [4.78, 5) is 28.0. The normalized spacial score (nSPS) is 14.6. The van der Waals surface area contributed by atoms with E-state index in [9.17, 15) is 9.59 Å². The van der Waals surface area contributed by atoms with E-state index in [4.69, 9.17) is 16.3 Å². The molecule has 0 radical (unpaired) electrons. The van der Waals surface area contributed by atoms with Gasteiger partial charge in [0.25, 0.3) is 0 Å². The quantitative estimate of drug-likeness (QED) is 0.824. The molecule has 1 aromatic carbocycles. The van der Waals surface area contributed by atoms with Crippen LogP contribution in [0.2, 0.25) is 5.02 Å². The Kier molecular flexibility index (Phi) is 6.32. The number of nitrogens with one attached hydrogen (secondary N) is 1. The van der Waals surface area contributed by atoms with Gasteiger partial charge in [0, 0.05) is 44.3 Å². The lowest BCUT2D eigenvalue weighted by Gasteiger charge is -2.35. The Labute approximate surface area is 175 Å². The minimum absolute atomic E-state index is 0.0267. The third-order valence-corrected chi connectivity index (χ3v) is 4.73. The number of piperazine rings is 1. The fourth-order valence-electron chi connectivity index (χ4n) is 2.97. The van der Waals surface area contributed by atoms with Crippen molar-refractivity contribution in [1.29, 1.82) is 0 Å². The fourth-order valence-corrected chi connectivity index (χ4v) is 3.24. The Morgan fingerprint density at radius 3 is 2.45 bits per heavy atom. The first kappa shape index (κ1) is 21.0. The smallest absolute Gasteiger partial charge is 0.410 e. The molecule has 29 heavy (non-hydrogen) atoms. The molecule has 1 N–H and O–H groups in total. The Morgan fingerprint density at radius 2 is 1.86 bits per heavy atom. The number of aromatic nitrogens is 2. The fraction of sp³-hybridized carbons (Fsp3) is 0.450. The maximum Gasteiger partial charge on any atom is 0.410 e. The number of halogens is 1. The van der Waals surface area contributed by atoms with Gasteiger partial charge in [-0.05, 0) is 45.0 Å². The largest absolute Gasteiger partial charge is 0.444 e. The molecule has 0 atom stereocenters. The molecule has 0 bridgehead atoms. The number of carbonyl (C=O) groups excluding carboxylic acids is 2. The van der Waals surface area contributed by atoms with Crippen LogP contribution in [-0.2, 0) is 9.53 Å². The van der Waals surface area contributed by atoms with Gasteiger partial charge >= 0.3 is 6.09 Å². The molecule has 1 aliphatic rings. The number of rotatable bonds is 4. The highest BCUT2D eigenvalue weighted by atomic mass is 35.5. The Morgan fingerprint density at radius 1 is 1.17 bits per heavy atom. The van der Waals surface area contributed by atoms with Crippen LogP contribution in [0.5, 0.6) is 0 Å². The summed E-state index contributed by atoms with van der Waals surface area (Å²) in [7, 11) is 0. The molecule has 0 spiro atoms. The monoisotopic (exact) mass is 419 g/mol. The average molecular weight is 420 g/mol. The van der Waals surface area contributed by atoms with Gasteiger partial charge in [0.2, 0.25) is 5.91 Å². The van der Waals surface area contributed by atoms with Crippen molar-refractivity contribution < 1.29 is 14.3 Å². The highest BCUT2D eigenvalue weighted by Crippen LogP contribution is 2.23. The third kappa shape index (κ3) is 5.63. The van der Waals surface area contributed by atoms with Gasteiger partial charge < -0.3 is 19.9 Å². The van der Waals surface area contributed by atoms with Gasteiger partial charge in [-0.25, -0.2) is 9.48 Å². The second kappa shape index (κ2) is 8.73. The standard InChI is InChI=1S/C20H26ClN5O3/c1-20(2,3)29-19(28)25-11-9-24(10-12-25)18(27)14-22-15-5-6-17(16(21)13-15)26-8-4-7-23-26/h4-8,13,22H,9-12,14H2,1-3H3. The molecule has 2 heterocycles. The molecule has 1 aliphatic heterocycles. The lowest BCUT2D eigenvalue weighted by atomic mass is 10.2. The van der Waals surface area contributed by atoms with E-state index in [-0.39, 0.29) is 18.5 Å². The van der Waals surface area contributed by atoms with Crippen LogP contribution < -0.4 is 5.32 Å². The number of benzene rings is 1. The number of anilines is 1. The van der Waals surface area contributed by atoms with Crippen LogP contribution in [0.1, 0.15) is 20.8 Å². The van der Waals surface area contributed by atoms with E-state index in [0.717, 1.165) is 11.4 Å². The first-order valence-electron chi connectivity index (χ1n) is 9.52. The average Bonchev–Trinajstić information content (AvgIpc) is 3.19. The minimum Gasteiger partial charge on any atom is -0.444 e. The van der Waals surface area contributed by atoms with Gasteiger partial charge in [0.1, 0.15) is 5.60 Å². The van der Waals surface area contributed by atoms with Gasteiger partial charge in [0.15, 0.2) is 0 Å². The van der Waals surface area contributed by atoms with Crippen molar-refractivity contribution in [1.82, 2.24) is 19.6 Å². The predicted molar refractivity (Wildman–Crippen MR) is 111 cm³/mol. The number of ether oxygens (including phenoxy) is 1. The lowest BCUT2D eigenvalue weighted by molar-refractivity contribution is -0.131. The second-order valence-electron chi connectivity index (χ2n) is 7.82. The second-order valence-corrected chi connectivity index (χ2v) is 8.23. The maximum atomic E-state index is 12.5. The van der Waals surface area contributed by atoms with E-state index in [1.54, 1.807) is 26.7 Å². The summed E-state index contributed by atoms with van der Waals surface area (Å²) in [5.41, 5.74) is 1.00. The SMILES string of the molecule is CC(C)(C)OC(=O)N1CCN(C(=O)CNc2ccc(-n3cccn3)c(Cl)c2)CC1. The maximum absolute atomic E-state index is 12.5. The molecule has 2 amide bonds. The summed E-state index contributed by atoms with van der Waals surface area (Å²) >= 11 is 6.33. The molecule has 156 valence electrons. The third-order valence-electron chi connectivity index (χ3n) is 4.43. The Balaban J connectivity index is 1.48. The Hall–Kier alpha value is -2.74. The molecule has 2 aromatic rings. The summed E-state index contributed by atoms with van der Waals surface area (Å²) in [5.74, 6) is -0.0267. The van der Waals surface area contributed by atoms with E-state index in [1.807, 2.05) is 45.2 Å². The number of nitrogens with zero attached hydrogens (tertiary/aromatic N) is 4. The van der Waals surface area contributed by atoms with Crippen molar-refractivity contribution in [2.24, 2.45) is 0 Å². The van der Waals surface area contributed by atoms with E-state index in [2.05, 4.69) is 10.4 Å². The number of amides is 2. The summed E-state index contributed by atoms with van der Waals surface area (Å²) < 4.78 is 7.06. The molecular formula is C20H26ClN5O3. The molecule has 9 heteroatoms. The summed E-state index contributed by atoms with van der Waals surface area (Å²) in [5, 5.41) is 7.81. The van der Waals surface area contributed by atoms with Crippen molar-refractivity contribution in [2.45, 2.75) is 26.4 Å². The molecule has 0 aliphatic carbocycles. The van der Waals surface area contributed by atoms with Crippen molar-refractivity contribution in [3.63, 3.8) is 0 Å². The van der Waals surface area contributed by atoms with Crippen molar-refractivity contribution in [3.05, 3.63) is 41.7 Å². The molecule has 8 nitrogen and oxygen atoms in total. The first-order valence-corrected chi connectivity index (χ1v) is 9.90. The van der Waals surface area contributed by atoms with E-state index >= 15 is 0 Å². The van der Waals surface area contributed by atoms with Crippen LogP contribution in [0, 0.1) is 0 Å². The molecule has 1 aromatic heterocycles. The van der Waals surface area contributed by atoms with Crippen molar-refractivity contribution in [3.8, 4) is 5.69 Å². The van der Waals surface area contributed by atoms with Gasteiger partial charge in [0.05, 0.1) is 17.3 Å². The summed E-state index contributed by atoms with van der Waals surface area (Å²) in [6, 6.07) is 7.30. The predicted octanol–water partition coefficient (Wildman–Crippen LogP) is 3.02. The summed E-state index contributed by atoms with van der Waals surface area (Å²) in [6.07, 6.45) is 3.16. The first-order chi connectivity index (χ1) is 13.7. The van der Waals surface area contributed by atoms with Crippen LogP contribution in [0.4, 0.5) is 10.5 Å². The zero-order valence-electron chi connectivity index (χ0n) is 16.9. The molecule has 1 saturated heterocycles. The van der Waals surface area contributed by atoms with Crippen LogP contribution >= 0.6 is 11.6 Å². The molecule has 3 rings (SSSR count). The zero-order chi connectivity index (χ0) is 21.0. The van der Waals surface area contributed by atoms with Crippen LogP contribution in [-0.4, -0.2) is 69.9 Å². The van der Waals surface area contributed by atoms with Gasteiger partial charge in [-0.3, -0.25) is 4.79 Å². The molecule has 0 unspecified atom stereocenters. The highest BCUT2D eigenvalue weighted by molar-refractivity contribution is 6.32. The number of hydrogen-bond donors (Lipinski definition) is 1. The molecule has 1 fully saturated rings. The number of carbonyl (C=O) groups is 2. The van der Waals surface area contributed by atoms with Crippen LogP contribution in [0.15, 0.2) is 36.7 Å². The summed E-state index contributed by atoms with van der Waals surface area (Å²) in [6.45, 7) is 7.57. The minimum atomic E-state index is -0.526.